The van der Waals surface area contributed by atoms with Gasteiger partial charge in [0.1, 0.15) is 12.4 Å². The molecule has 0 saturated heterocycles. The number of hydrogen-bond donors (Lipinski definition) is 1. The van der Waals surface area contributed by atoms with E-state index < -0.39 is 6.10 Å². The first-order valence-electron chi connectivity index (χ1n) is 7.85. The standard InChI is InChI=1S/C18H19IN2O4/c1-18(2,3)11-4-6-13-14(8-11)25-15(10-23-13)17(22)21-20-9-12-5-7-16(19)24-12/h4-9,15H,10H2,1-3H3,(H,21,22)/b20-9+/t15-/m1/s1. The molecule has 2 heterocycles. The van der Waals surface area contributed by atoms with Gasteiger partial charge >= 0.3 is 0 Å². The number of carbonyl (C=O) groups is 1. The highest BCUT2D eigenvalue weighted by atomic mass is 127. The highest BCUT2D eigenvalue weighted by Gasteiger charge is 2.28. The number of nitrogens with zero attached hydrogens (tertiary/aromatic N) is 1. The van der Waals surface area contributed by atoms with E-state index >= 15 is 0 Å². The van der Waals surface area contributed by atoms with Gasteiger partial charge in [-0.15, -0.1) is 0 Å². The first kappa shape index (κ1) is 17.8. The normalized spacial score (nSPS) is 16.9. The number of benzene rings is 1. The Kier molecular flexibility index (Phi) is 5.03. The molecular weight excluding hydrogens is 435 g/mol. The molecule has 1 aliphatic heterocycles. The van der Waals surface area contributed by atoms with Gasteiger partial charge in [0.2, 0.25) is 6.10 Å². The summed E-state index contributed by atoms with van der Waals surface area (Å²) >= 11 is 2.06. The number of carbonyl (C=O) groups excluding carboxylic acids is 1. The monoisotopic (exact) mass is 454 g/mol. The third-order valence-corrected chi connectivity index (χ3v) is 4.30. The molecule has 3 rings (SSSR count). The van der Waals surface area contributed by atoms with Gasteiger partial charge < -0.3 is 13.9 Å². The smallest absolute Gasteiger partial charge is 0.284 e. The van der Waals surface area contributed by atoms with Crippen LogP contribution in [0.5, 0.6) is 11.5 Å². The molecule has 2 aromatic rings. The van der Waals surface area contributed by atoms with Crippen LogP contribution in [0.15, 0.2) is 39.9 Å². The van der Waals surface area contributed by atoms with E-state index in [1.807, 2.05) is 24.3 Å². The number of nitrogens with one attached hydrogen (secondary N) is 1. The van der Waals surface area contributed by atoms with Crippen molar-refractivity contribution in [1.29, 1.82) is 0 Å². The Balaban J connectivity index is 1.65. The van der Waals surface area contributed by atoms with E-state index in [0.717, 1.165) is 9.33 Å². The lowest BCUT2D eigenvalue weighted by atomic mass is 9.87. The van der Waals surface area contributed by atoms with Crippen LogP contribution in [0.3, 0.4) is 0 Å². The Bertz CT molecular complexity index is 808. The first-order valence-corrected chi connectivity index (χ1v) is 8.93. The van der Waals surface area contributed by atoms with Crippen molar-refractivity contribution in [3.8, 4) is 11.5 Å². The number of halogens is 1. The van der Waals surface area contributed by atoms with Gasteiger partial charge in [0, 0.05) is 0 Å². The average molecular weight is 454 g/mol. The summed E-state index contributed by atoms with van der Waals surface area (Å²) in [6, 6.07) is 9.38. The Morgan fingerprint density at radius 3 is 2.76 bits per heavy atom. The molecule has 25 heavy (non-hydrogen) atoms. The molecule has 1 aromatic carbocycles. The second kappa shape index (κ2) is 7.07. The van der Waals surface area contributed by atoms with Crippen molar-refractivity contribution >= 4 is 34.7 Å². The maximum atomic E-state index is 12.2. The van der Waals surface area contributed by atoms with E-state index in [1.54, 1.807) is 6.07 Å². The first-order chi connectivity index (χ1) is 11.8. The van der Waals surface area contributed by atoms with Gasteiger partial charge in [-0.05, 0) is 57.8 Å². The Morgan fingerprint density at radius 2 is 2.08 bits per heavy atom. The van der Waals surface area contributed by atoms with Gasteiger partial charge in [0.15, 0.2) is 15.3 Å². The summed E-state index contributed by atoms with van der Waals surface area (Å²) in [5.41, 5.74) is 3.55. The molecule has 1 N–H and O–H groups in total. The second-order valence-corrected chi connectivity index (χ2v) is 7.77. The highest BCUT2D eigenvalue weighted by molar-refractivity contribution is 14.1. The van der Waals surface area contributed by atoms with Crippen LogP contribution in [0.25, 0.3) is 0 Å². The lowest BCUT2D eigenvalue weighted by molar-refractivity contribution is -0.130. The molecule has 1 aromatic heterocycles. The molecule has 0 bridgehead atoms. The summed E-state index contributed by atoms with van der Waals surface area (Å²) in [4.78, 5) is 12.2. The zero-order valence-corrected chi connectivity index (χ0v) is 16.4. The van der Waals surface area contributed by atoms with E-state index in [9.17, 15) is 4.79 Å². The predicted octanol–water partition coefficient (Wildman–Crippen LogP) is 3.47. The van der Waals surface area contributed by atoms with Gasteiger partial charge in [-0.3, -0.25) is 4.79 Å². The van der Waals surface area contributed by atoms with E-state index in [-0.39, 0.29) is 17.9 Å². The topological polar surface area (TPSA) is 73.1 Å². The van der Waals surface area contributed by atoms with Crippen molar-refractivity contribution in [2.75, 3.05) is 6.61 Å². The largest absolute Gasteiger partial charge is 0.485 e. The minimum atomic E-state index is -0.753. The van der Waals surface area contributed by atoms with Crippen LogP contribution in [0, 0.1) is 3.77 Å². The van der Waals surface area contributed by atoms with Gasteiger partial charge in [-0.1, -0.05) is 26.8 Å². The zero-order chi connectivity index (χ0) is 18.0. The summed E-state index contributed by atoms with van der Waals surface area (Å²) in [5, 5.41) is 3.89. The number of hydrazone groups is 1. The molecule has 0 spiro atoms. The molecule has 7 heteroatoms. The maximum absolute atomic E-state index is 12.2. The minimum Gasteiger partial charge on any atom is -0.485 e. The molecule has 6 nitrogen and oxygen atoms in total. The number of amides is 1. The molecule has 0 saturated carbocycles. The molecule has 0 aliphatic carbocycles. The molecule has 0 unspecified atom stereocenters. The average Bonchev–Trinajstić information content (AvgIpc) is 2.98. The summed E-state index contributed by atoms with van der Waals surface area (Å²) in [5.74, 6) is 1.41. The fourth-order valence-electron chi connectivity index (χ4n) is 2.30. The maximum Gasteiger partial charge on any atom is 0.284 e. The molecule has 1 atom stereocenters. The summed E-state index contributed by atoms with van der Waals surface area (Å²) in [7, 11) is 0. The molecule has 1 aliphatic rings. The lowest BCUT2D eigenvalue weighted by Crippen LogP contribution is -2.42. The summed E-state index contributed by atoms with van der Waals surface area (Å²) in [6.45, 7) is 6.50. The number of ether oxygens (including phenoxy) is 2. The van der Waals surface area contributed by atoms with Gasteiger partial charge in [-0.2, -0.15) is 5.10 Å². The third-order valence-electron chi connectivity index (χ3n) is 3.72. The van der Waals surface area contributed by atoms with Crippen LogP contribution in [-0.2, 0) is 10.2 Å². The Labute approximate surface area is 159 Å². The van der Waals surface area contributed by atoms with Crippen molar-refractivity contribution < 1.29 is 18.7 Å². The number of rotatable bonds is 3. The molecular formula is C18H19IN2O4. The fourth-order valence-corrected chi connectivity index (χ4v) is 2.73. The second-order valence-electron chi connectivity index (χ2n) is 6.71. The van der Waals surface area contributed by atoms with Crippen LogP contribution >= 0.6 is 22.6 Å². The molecule has 0 radical (unpaired) electrons. The van der Waals surface area contributed by atoms with Crippen LogP contribution in [-0.4, -0.2) is 24.8 Å². The van der Waals surface area contributed by atoms with E-state index in [1.165, 1.54) is 6.21 Å². The van der Waals surface area contributed by atoms with Gasteiger partial charge in [-0.25, -0.2) is 5.43 Å². The van der Waals surface area contributed by atoms with Crippen LogP contribution in [0.2, 0.25) is 0 Å². The molecule has 1 amide bonds. The summed E-state index contributed by atoms with van der Waals surface area (Å²) in [6.07, 6.45) is 0.687. The third kappa shape index (κ3) is 4.33. The number of furan rings is 1. The van der Waals surface area contributed by atoms with Crippen molar-refractivity contribution in [2.24, 2.45) is 5.10 Å². The molecule has 132 valence electrons. The van der Waals surface area contributed by atoms with Crippen LogP contribution in [0.1, 0.15) is 32.1 Å². The van der Waals surface area contributed by atoms with Crippen molar-refractivity contribution in [3.63, 3.8) is 0 Å². The highest BCUT2D eigenvalue weighted by Crippen LogP contribution is 2.36. The number of hydrogen-bond acceptors (Lipinski definition) is 5. The van der Waals surface area contributed by atoms with Crippen LogP contribution < -0.4 is 14.9 Å². The van der Waals surface area contributed by atoms with Crippen molar-refractivity contribution in [1.82, 2.24) is 5.43 Å². The van der Waals surface area contributed by atoms with Crippen molar-refractivity contribution in [3.05, 3.63) is 45.4 Å². The summed E-state index contributed by atoms with van der Waals surface area (Å²) < 4.78 is 17.5. The quantitative estimate of drug-likeness (QED) is 0.438. The Morgan fingerprint density at radius 1 is 1.28 bits per heavy atom. The van der Waals surface area contributed by atoms with Gasteiger partial charge in [0.25, 0.3) is 5.91 Å². The zero-order valence-electron chi connectivity index (χ0n) is 14.2. The van der Waals surface area contributed by atoms with Crippen molar-refractivity contribution in [2.45, 2.75) is 32.3 Å². The number of fused-ring (bicyclic) bond motifs is 1. The SMILES string of the molecule is CC(C)(C)c1ccc2c(c1)O[C@@H](C(=O)N/N=C/c1ccc(I)o1)CO2. The van der Waals surface area contributed by atoms with E-state index in [0.29, 0.717) is 17.3 Å². The lowest BCUT2D eigenvalue weighted by Gasteiger charge is -2.27. The van der Waals surface area contributed by atoms with E-state index in [2.05, 4.69) is 53.9 Å². The minimum absolute atomic E-state index is 0.0154. The predicted molar refractivity (Wildman–Crippen MR) is 102 cm³/mol. The van der Waals surface area contributed by atoms with E-state index in [4.69, 9.17) is 13.9 Å². The fraction of sp³-hybridized carbons (Fsp3) is 0.333. The van der Waals surface area contributed by atoms with Gasteiger partial charge in [0.05, 0.1) is 6.21 Å². The molecule has 0 fully saturated rings. The van der Waals surface area contributed by atoms with Crippen LogP contribution in [0.4, 0.5) is 0 Å². The Hall–Kier alpha value is -2.03.